The first kappa shape index (κ1) is 12.8. The molecule has 1 atom stereocenters. The summed E-state index contributed by atoms with van der Waals surface area (Å²) >= 11 is 0. The van der Waals surface area contributed by atoms with E-state index in [0.29, 0.717) is 19.6 Å². The molecule has 98 valence electrons. The van der Waals surface area contributed by atoms with Crippen molar-refractivity contribution in [1.29, 1.82) is 0 Å². The van der Waals surface area contributed by atoms with E-state index in [4.69, 9.17) is 4.74 Å². The highest BCUT2D eigenvalue weighted by molar-refractivity contribution is 5.69. The molecule has 0 amide bonds. The number of hydrogen-bond acceptors (Lipinski definition) is 5. The molecule has 0 saturated carbocycles. The zero-order valence-corrected chi connectivity index (χ0v) is 10.8. The lowest BCUT2D eigenvalue weighted by molar-refractivity contribution is -0.144. The lowest BCUT2D eigenvalue weighted by Gasteiger charge is -2.33. The van der Waals surface area contributed by atoms with E-state index in [0.717, 1.165) is 18.1 Å². The Labute approximate surface area is 107 Å². The molecule has 1 fully saturated rings. The fraction of sp³-hybridized carbons (Fsp3) is 0.538. The highest BCUT2D eigenvalue weighted by Crippen LogP contribution is 2.17. The van der Waals surface area contributed by atoms with Crippen LogP contribution in [0.1, 0.15) is 12.1 Å². The van der Waals surface area contributed by atoms with Gasteiger partial charge >= 0.3 is 5.97 Å². The number of ether oxygens (including phenoxy) is 2. The number of rotatable bonds is 3. The molecule has 0 radical (unpaired) electrons. The minimum atomic E-state index is -0.237. The van der Waals surface area contributed by atoms with E-state index in [1.165, 1.54) is 7.11 Å². The Morgan fingerprint density at radius 2 is 2.44 bits per heavy atom. The first-order valence-electron chi connectivity index (χ1n) is 6.06. The Morgan fingerprint density at radius 1 is 1.61 bits per heavy atom. The summed E-state index contributed by atoms with van der Waals surface area (Å²) in [4.78, 5) is 17.9. The molecule has 1 unspecified atom stereocenters. The molecule has 2 rings (SSSR count). The van der Waals surface area contributed by atoms with Crippen LogP contribution in [-0.4, -0.2) is 43.9 Å². The molecule has 0 aromatic carbocycles. The van der Waals surface area contributed by atoms with Crippen LogP contribution in [0.15, 0.2) is 18.2 Å². The monoisotopic (exact) mass is 250 g/mol. The van der Waals surface area contributed by atoms with Crippen LogP contribution in [0.4, 0.5) is 5.82 Å². The minimum Gasteiger partial charge on any atom is -0.469 e. The number of esters is 1. The van der Waals surface area contributed by atoms with Crippen molar-refractivity contribution in [1.82, 2.24) is 4.98 Å². The molecule has 0 spiro atoms. The molecule has 0 N–H and O–H groups in total. The molecule has 1 aliphatic rings. The zero-order valence-electron chi connectivity index (χ0n) is 10.8. The van der Waals surface area contributed by atoms with Gasteiger partial charge in [-0.15, -0.1) is 0 Å². The zero-order chi connectivity index (χ0) is 13.0. The topological polar surface area (TPSA) is 51.7 Å². The van der Waals surface area contributed by atoms with Gasteiger partial charge in [0.2, 0.25) is 0 Å². The molecule has 1 aromatic rings. The molecule has 18 heavy (non-hydrogen) atoms. The van der Waals surface area contributed by atoms with Crippen molar-refractivity contribution >= 4 is 11.8 Å². The number of methoxy groups -OCH3 is 1. The van der Waals surface area contributed by atoms with Crippen LogP contribution in [-0.2, 0) is 14.3 Å². The fourth-order valence-corrected chi connectivity index (χ4v) is 2.02. The normalized spacial score (nSPS) is 19.7. The van der Waals surface area contributed by atoms with Crippen LogP contribution in [0.2, 0.25) is 0 Å². The molecule has 0 bridgehead atoms. The van der Waals surface area contributed by atoms with Crippen molar-refractivity contribution in [3.63, 3.8) is 0 Å². The maximum absolute atomic E-state index is 11.2. The summed E-state index contributed by atoms with van der Waals surface area (Å²) in [5.41, 5.74) is 0.989. The standard InChI is InChI=1S/C13H18N2O3/c1-10-4-3-5-12(14-10)15-6-7-18-11(9-15)8-13(16)17-2/h3-5,11H,6-9H2,1-2H3. The summed E-state index contributed by atoms with van der Waals surface area (Å²) in [6, 6.07) is 5.94. The number of aromatic nitrogens is 1. The number of morpholine rings is 1. The van der Waals surface area contributed by atoms with E-state index in [1.807, 2.05) is 25.1 Å². The molecule has 1 saturated heterocycles. The lowest BCUT2D eigenvalue weighted by atomic mass is 10.2. The summed E-state index contributed by atoms with van der Waals surface area (Å²) in [5, 5.41) is 0. The minimum absolute atomic E-state index is 0.117. The Hall–Kier alpha value is -1.62. The number of aryl methyl sites for hydroxylation is 1. The summed E-state index contributed by atoms with van der Waals surface area (Å²) in [7, 11) is 1.39. The van der Waals surface area contributed by atoms with Crippen LogP contribution in [0.3, 0.4) is 0 Å². The van der Waals surface area contributed by atoms with Crippen LogP contribution >= 0.6 is 0 Å². The number of anilines is 1. The fourth-order valence-electron chi connectivity index (χ4n) is 2.02. The van der Waals surface area contributed by atoms with Crippen molar-refractivity contribution in [2.24, 2.45) is 0 Å². The number of carbonyl (C=O) groups is 1. The Morgan fingerprint density at radius 3 is 3.17 bits per heavy atom. The average Bonchev–Trinajstić information content (AvgIpc) is 2.39. The third kappa shape index (κ3) is 3.20. The number of pyridine rings is 1. The average molecular weight is 250 g/mol. The van der Waals surface area contributed by atoms with Gasteiger partial charge < -0.3 is 14.4 Å². The molecular weight excluding hydrogens is 232 g/mol. The van der Waals surface area contributed by atoms with Gasteiger partial charge in [-0.3, -0.25) is 4.79 Å². The van der Waals surface area contributed by atoms with Gasteiger partial charge in [-0.05, 0) is 19.1 Å². The predicted molar refractivity (Wildman–Crippen MR) is 67.6 cm³/mol. The summed E-state index contributed by atoms with van der Waals surface area (Å²) in [6.07, 6.45) is 0.173. The highest BCUT2D eigenvalue weighted by atomic mass is 16.5. The van der Waals surface area contributed by atoms with Gasteiger partial charge in [-0.1, -0.05) is 6.07 Å². The van der Waals surface area contributed by atoms with Gasteiger partial charge in [0.05, 0.1) is 26.2 Å². The first-order valence-corrected chi connectivity index (χ1v) is 6.06. The van der Waals surface area contributed by atoms with E-state index in [9.17, 15) is 4.79 Å². The summed E-state index contributed by atoms with van der Waals surface area (Å²) in [6.45, 7) is 4.05. The van der Waals surface area contributed by atoms with Crippen molar-refractivity contribution in [3.8, 4) is 0 Å². The molecule has 1 aliphatic heterocycles. The molecule has 5 heteroatoms. The lowest BCUT2D eigenvalue weighted by Crippen LogP contribution is -2.43. The quantitative estimate of drug-likeness (QED) is 0.753. The second-order valence-corrected chi connectivity index (χ2v) is 4.36. The van der Waals surface area contributed by atoms with Gasteiger partial charge in [-0.25, -0.2) is 4.98 Å². The van der Waals surface area contributed by atoms with Crippen molar-refractivity contribution in [3.05, 3.63) is 23.9 Å². The Balaban J connectivity index is 2.00. The molecule has 2 heterocycles. The third-order valence-electron chi connectivity index (χ3n) is 2.96. The van der Waals surface area contributed by atoms with Gasteiger partial charge in [0, 0.05) is 18.8 Å². The predicted octanol–water partition coefficient (Wildman–Crippen LogP) is 1.16. The summed E-state index contributed by atoms with van der Waals surface area (Å²) < 4.78 is 10.2. The SMILES string of the molecule is COC(=O)CC1CN(c2cccc(C)n2)CCO1. The summed E-state index contributed by atoms with van der Waals surface area (Å²) in [5.74, 6) is 0.701. The second kappa shape index (κ2) is 5.82. The first-order chi connectivity index (χ1) is 8.69. The number of hydrogen-bond donors (Lipinski definition) is 0. The van der Waals surface area contributed by atoms with Gasteiger partial charge in [0.15, 0.2) is 0 Å². The van der Waals surface area contributed by atoms with Crippen LogP contribution in [0.25, 0.3) is 0 Å². The molecule has 1 aromatic heterocycles. The van der Waals surface area contributed by atoms with Crippen molar-refractivity contribution < 1.29 is 14.3 Å². The van der Waals surface area contributed by atoms with E-state index in [-0.39, 0.29) is 12.1 Å². The van der Waals surface area contributed by atoms with Crippen LogP contribution < -0.4 is 4.90 Å². The van der Waals surface area contributed by atoms with E-state index < -0.39 is 0 Å². The maximum Gasteiger partial charge on any atom is 0.308 e. The maximum atomic E-state index is 11.2. The van der Waals surface area contributed by atoms with Crippen molar-refractivity contribution in [2.45, 2.75) is 19.4 Å². The third-order valence-corrected chi connectivity index (χ3v) is 2.96. The highest BCUT2D eigenvalue weighted by Gasteiger charge is 2.23. The number of carbonyl (C=O) groups excluding carboxylic acids is 1. The largest absolute Gasteiger partial charge is 0.469 e. The van der Waals surface area contributed by atoms with E-state index in [2.05, 4.69) is 14.6 Å². The molecular formula is C13H18N2O3. The number of nitrogens with zero attached hydrogens (tertiary/aromatic N) is 2. The van der Waals surface area contributed by atoms with Crippen LogP contribution in [0.5, 0.6) is 0 Å². The van der Waals surface area contributed by atoms with Crippen LogP contribution in [0, 0.1) is 6.92 Å². The molecule has 0 aliphatic carbocycles. The Kier molecular flexibility index (Phi) is 4.15. The van der Waals surface area contributed by atoms with Crippen molar-refractivity contribution in [2.75, 3.05) is 31.7 Å². The van der Waals surface area contributed by atoms with Gasteiger partial charge in [-0.2, -0.15) is 0 Å². The smallest absolute Gasteiger partial charge is 0.308 e. The van der Waals surface area contributed by atoms with E-state index >= 15 is 0 Å². The molecule has 5 nitrogen and oxygen atoms in total. The van der Waals surface area contributed by atoms with E-state index in [1.54, 1.807) is 0 Å². The Bertz CT molecular complexity index is 422. The van der Waals surface area contributed by atoms with Gasteiger partial charge in [0.1, 0.15) is 5.82 Å². The van der Waals surface area contributed by atoms with Gasteiger partial charge in [0.25, 0.3) is 0 Å². The second-order valence-electron chi connectivity index (χ2n) is 4.36.